The number of hydrogen-bond donors (Lipinski definition) is 1. The van der Waals surface area contributed by atoms with Crippen LogP contribution in [0.25, 0.3) is 0 Å². The summed E-state index contributed by atoms with van der Waals surface area (Å²) in [5.41, 5.74) is 6.93. The van der Waals surface area contributed by atoms with E-state index < -0.39 is 0 Å². The molecule has 0 spiro atoms. The van der Waals surface area contributed by atoms with Gasteiger partial charge in [-0.2, -0.15) is 0 Å². The molecule has 1 unspecified atom stereocenters. The van der Waals surface area contributed by atoms with Crippen LogP contribution < -0.4 is 5.73 Å². The van der Waals surface area contributed by atoms with Gasteiger partial charge in [0.15, 0.2) is 0 Å². The zero-order valence-corrected chi connectivity index (χ0v) is 10.9. The van der Waals surface area contributed by atoms with E-state index in [0.29, 0.717) is 17.9 Å². The third kappa shape index (κ3) is 3.09. The lowest BCUT2D eigenvalue weighted by atomic mass is 10.0. The lowest BCUT2D eigenvalue weighted by Crippen LogP contribution is -2.27. The molecule has 0 saturated carbocycles. The van der Waals surface area contributed by atoms with Crippen LogP contribution in [0, 0.1) is 5.82 Å². The highest BCUT2D eigenvalue weighted by Crippen LogP contribution is 2.19. The summed E-state index contributed by atoms with van der Waals surface area (Å²) in [6, 6.07) is 4.30. The second kappa shape index (κ2) is 5.50. The number of nitrogens with two attached hydrogens (primary N) is 1. The molecule has 0 saturated heterocycles. The van der Waals surface area contributed by atoms with Gasteiger partial charge in [-0.15, -0.1) is 0 Å². The molecular weight excluding hydrogens is 253 g/mol. The van der Waals surface area contributed by atoms with E-state index in [-0.39, 0.29) is 11.9 Å². The van der Waals surface area contributed by atoms with Gasteiger partial charge in [0.2, 0.25) is 0 Å². The summed E-state index contributed by atoms with van der Waals surface area (Å²) < 4.78 is 14.9. The summed E-state index contributed by atoms with van der Waals surface area (Å²) in [5.74, 6) is 0.599. The molecule has 5 heteroatoms. The molecule has 18 heavy (non-hydrogen) atoms. The topological polar surface area (TPSA) is 43.8 Å². The highest BCUT2D eigenvalue weighted by atomic mass is 35.5. The van der Waals surface area contributed by atoms with Crippen molar-refractivity contribution < 1.29 is 4.39 Å². The van der Waals surface area contributed by atoms with Gasteiger partial charge in [-0.1, -0.05) is 17.7 Å². The maximum atomic E-state index is 12.9. The number of halogens is 2. The first-order valence-electron chi connectivity index (χ1n) is 5.72. The van der Waals surface area contributed by atoms with Crippen LogP contribution in [-0.4, -0.2) is 15.6 Å². The van der Waals surface area contributed by atoms with E-state index in [2.05, 4.69) is 4.98 Å². The molecule has 1 heterocycles. The Morgan fingerprint density at radius 2 is 2.22 bits per heavy atom. The van der Waals surface area contributed by atoms with E-state index in [1.165, 1.54) is 12.1 Å². The van der Waals surface area contributed by atoms with Crippen LogP contribution in [0.3, 0.4) is 0 Å². The molecule has 0 amide bonds. The molecule has 2 N–H and O–H groups in total. The maximum Gasteiger partial charge on any atom is 0.124 e. The second-order valence-corrected chi connectivity index (χ2v) is 4.77. The van der Waals surface area contributed by atoms with E-state index in [9.17, 15) is 4.39 Å². The highest BCUT2D eigenvalue weighted by Gasteiger charge is 2.11. The van der Waals surface area contributed by atoms with Gasteiger partial charge >= 0.3 is 0 Å². The summed E-state index contributed by atoms with van der Waals surface area (Å²) in [4.78, 5) is 4.22. The fourth-order valence-electron chi connectivity index (χ4n) is 1.87. The van der Waals surface area contributed by atoms with Crippen LogP contribution in [0.2, 0.25) is 5.02 Å². The van der Waals surface area contributed by atoms with Gasteiger partial charge in [-0.25, -0.2) is 9.37 Å². The van der Waals surface area contributed by atoms with Gasteiger partial charge in [-0.05, 0) is 24.1 Å². The summed E-state index contributed by atoms with van der Waals surface area (Å²) in [5, 5.41) is 0.422. The van der Waals surface area contributed by atoms with E-state index in [0.717, 1.165) is 11.4 Å². The molecule has 1 atom stereocenters. The van der Waals surface area contributed by atoms with Gasteiger partial charge < -0.3 is 10.3 Å². The number of aromatic nitrogens is 2. The van der Waals surface area contributed by atoms with Crippen molar-refractivity contribution in [2.45, 2.75) is 18.9 Å². The van der Waals surface area contributed by atoms with Crippen molar-refractivity contribution in [3.8, 4) is 0 Å². The largest absolute Gasteiger partial charge is 0.338 e. The molecular formula is C13H15ClFN3. The van der Waals surface area contributed by atoms with Crippen molar-refractivity contribution in [1.82, 2.24) is 9.55 Å². The normalized spacial score (nSPS) is 12.7. The first kappa shape index (κ1) is 13.1. The summed E-state index contributed by atoms with van der Waals surface area (Å²) in [7, 11) is 1.93. The molecule has 0 bridgehead atoms. The quantitative estimate of drug-likeness (QED) is 0.924. The monoisotopic (exact) mass is 267 g/mol. The molecule has 0 radical (unpaired) electrons. The van der Waals surface area contributed by atoms with Crippen molar-refractivity contribution in [3.63, 3.8) is 0 Å². The Morgan fingerprint density at radius 1 is 1.44 bits per heavy atom. The number of hydrogen-bond acceptors (Lipinski definition) is 2. The van der Waals surface area contributed by atoms with Gasteiger partial charge in [0.25, 0.3) is 0 Å². The predicted octanol–water partition coefficient (Wildman–Crippen LogP) is 2.33. The van der Waals surface area contributed by atoms with E-state index in [4.69, 9.17) is 17.3 Å². The van der Waals surface area contributed by atoms with Crippen LogP contribution >= 0.6 is 11.6 Å². The Bertz CT molecular complexity index is 539. The Labute approximate surface area is 110 Å². The minimum Gasteiger partial charge on any atom is -0.338 e. The molecule has 1 aromatic heterocycles. The maximum absolute atomic E-state index is 12.9. The lowest BCUT2D eigenvalue weighted by Gasteiger charge is -2.12. The first-order chi connectivity index (χ1) is 8.56. The number of rotatable bonds is 4. The van der Waals surface area contributed by atoms with Crippen molar-refractivity contribution in [3.05, 3.63) is 52.8 Å². The summed E-state index contributed by atoms with van der Waals surface area (Å²) in [6.45, 7) is 0. The Hall–Kier alpha value is -1.39. The van der Waals surface area contributed by atoms with Gasteiger partial charge in [-0.3, -0.25) is 0 Å². The molecule has 0 fully saturated rings. The van der Waals surface area contributed by atoms with E-state index in [1.54, 1.807) is 12.3 Å². The van der Waals surface area contributed by atoms with Crippen molar-refractivity contribution in [2.75, 3.05) is 0 Å². The molecule has 96 valence electrons. The average molecular weight is 268 g/mol. The number of aryl methyl sites for hydroxylation is 1. The number of imidazole rings is 1. The van der Waals surface area contributed by atoms with Crippen LogP contribution in [0.1, 0.15) is 11.4 Å². The predicted molar refractivity (Wildman–Crippen MR) is 70.0 cm³/mol. The molecule has 0 aliphatic carbocycles. The van der Waals surface area contributed by atoms with Gasteiger partial charge in [0.1, 0.15) is 11.6 Å². The molecule has 0 aliphatic rings. The van der Waals surface area contributed by atoms with Gasteiger partial charge in [0, 0.05) is 36.9 Å². The van der Waals surface area contributed by atoms with E-state index in [1.807, 2.05) is 17.8 Å². The standard InChI is InChI=1S/C13H15ClFN3/c1-18-5-4-17-13(18)8-11(16)6-9-2-3-10(15)7-12(9)14/h2-5,7,11H,6,8,16H2,1H3. The Balaban J connectivity index is 2.03. The van der Waals surface area contributed by atoms with Crippen molar-refractivity contribution in [1.29, 1.82) is 0 Å². The minimum absolute atomic E-state index is 0.0888. The molecule has 2 aromatic rings. The molecule has 1 aromatic carbocycles. The van der Waals surface area contributed by atoms with Crippen LogP contribution in [0.15, 0.2) is 30.6 Å². The molecule has 2 rings (SSSR count). The van der Waals surface area contributed by atoms with Crippen LogP contribution in [0.4, 0.5) is 4.39 Å². The minimum atomic E-state index is -0.332. The fraction of sp³-hybridized carbons (Fsp3) is 0.308. The molecule has 0 aliphatic heterocycles. The zero-order chi connectivity index (χ0) is 13.1. The zero-order valence-electron chi connectivity index (χ0n) is 10.1. The molecule has 3 nitrogen and oxygen atoms in total. The van der Waals surface area contributed by atoms with Crippen molar-refractivity contribution in [2.24, 2.45) is 12.8 Å². The third-order valence-electron chi connectivity index (χ3n) is 2.86. The second-order valence-electron chi connectivity index (χ2n) is 4.36. The van der Waals surface area contributed by atoms with Crippen LogP contribution in [0.5, 0.6) is 0 Å². The number of benzene rings is 1. The fourth-order valence-corrected chi connectivity index (χ4v) is 2.11. The van der Waals surface area contributed by atoms with Crippen molar-refractivity contribution >= 4 is 11.6 Å². The first-order valence-corrected chi connectivity index (χ1v) is 6.10. The van der Waals surface area contributed by atoms with Crippen LogP contribution in [-0.2, 0) is 19.9 Å². The Kier molecular flexibility index (Phi) is 3.99. The van der Waals surface area contributed by atoms with Gasteiger partial charge in [0.05, 0.1) is 0 Å². The summed E-state index contributed by atoms with van der Waals surface area (Å²) in [6.07, 6.45) is 4.89. The number of nitrogens with zero attached hydrogens (tertiary/aromatic N) is 2. The Morgan fingerprint density at radius 3 is 2.83 bits per heavy atom. The average Bonchev–Trinajstić information content (AvgIpc) is 2.69. The summed E-state index contributed by atoms with van der Waals surface area (Å²) >= 11 is 5.97. The lowest BCUT2D eigenvalue weighted by molar-refractivity contribution is 0.614. The highest BCUT2D eigenvalue weighted by molar-refractivity contribution is 6.31. The third-order valence-corrected chi connectivity index (χ3v) is 3.21. The van der Waals surface area contributed by atoms with E-state index >= 15 is 0 Å². The SMILES string of the molecule is Cn1ccnc1CC(N)Cc1ccc(F)cc1Cl. The smallest absolute Gasteiger partial charge is 0.124 e.